The van der Waals surface area contributed by atoms with Gasteiger partial charge >= 0.3 is 11.7 Å². The number of aromatic nitrogens is 2. The van der Waals surface area contributed by atoms with E-state index in [0.717, 1.165) is 14.7 Å². The number of carbonyl (C=O) groups is 2. The van der Waals surface area contributed by atoms with Crippen LogP contribution in [0.4, 0.5) is 5.82 Å². The molecule has 2 N–H and O–H groups in total. The van der Waals surface area contributed by atoms with Gasteiger partial charge in [-0.05, 0) is 40.5 Å². The number of ether oxygens (including phenoxy) is 1. The van der Waals surface area contributed by atoms with E-state index in [1.807, 2.05) is 6.07 Å². The predicted octanol–water partition coefficient (Wildman–Crippen LogP) is 2.06. The fourth-order valence-corrected chi connectivity index (χ4v) is 3.18. The third-order valence-electron chi connectivity index (χ3n) is 4.36. The summed E-state index contributed by atoms with van der Waals surface area (Å²) in [7, 11) is 0. The molecule has 1 aromatic carbocycles. The minimum atomic E-state index is -0.874. The topological polar surface area (TPSA) is 127 Å². The number of Topliss-reactive ketones (excluding diaryl/α,β-unsaturated/α-hetero) is 1. The molecule has 0 aliphatic heterocycles. The molecular weight excluding hydrogens is 458 g/mol. The summed E-state index contributed by atoms with van der Waals surface area (Å²) in [5.74, 6) is -2.08. The molecule has 0 amide bonds. The molecule has 0 aliphatic rings. The first-order valence-corrected chi connectivity index (χ1v) is 9.75. The molecule has 2 heterocycles. The van der Waals surface area contributed by atoms with E-state index >= 15 is 0 Å². The second-order valence-electron chi connectivity index (χ2n) is 6.27. The number of esters is 1. The van der Waals surface area contributed by atoms with Crippen LogP contribution in [-0.2, 0) is 17.8 Å². The summed E-state index contributed by atoms with van der Waals surface area (Å²) in [4.78, 5) is 50.1. The number of carbonyl (C=O) groups excluding carboxylic acids is 2. The van der Waals surface area contributed by atoms with Gasteiger partial charge in [-0.2, -0.15) is 0 Å². The quantitative estimate of drug-likeness (QED) is 0.409. The van der Waals surface area contributed by atoms with Gasteiger partial charge in [0.2, 0.25) is 11.5 Å². The van der Waals surface area contributed by atoms with Gasteiger partial charge in [0.25, 0.3) is 5.56 Å². The van der Waals surface area contributed by atoms with Crippen LogP contribution >= 0.6 is 15.9 Å². The van der Waals surface area contributed by atoms with Crippen LogP contribution in [0.25, 0.3) is 0 Å². The average molecular weight is 476 g/mol. The Morgan fingerprint density at radius 3 is 2.40 bits per heavy atom. The molecule has 3 aromatic rings. The SMILES string of the molecule is CCn1c(=O)c(C(=O)COC(=O)c2ccc(Br)o2)c(N)n(Cc2ccccc2)c1=O. The number of halogens is 1. The molecule has 30 heavy (non-hydrogen) atoms. The fourth-order valence-electron chi connectivity index (χ4n) is 2.87. The summed E-state index contributed by atoms with van der Waals surface area (Å²) in [5, 5.41) is 0. The summed E-state index contributed by atoms with van der Waals surface area (Å²) in [6, 6.07) is 11.9. The molecule has 0 saturated carbocycles. The summed E-state index contributed by atoms with van der Waals surface area (Å²) >= 11 is 3.06. The van der Waals surface area contributed by atoms with Crippen molar-refractivity contribution < 1.29 is 18.7 Å². The molecule has 3 rings (SSSR count). The van der Waals surface area contributed by atoms with Crippen molar-refractivity contribution in [1.82, 2.24) is 9.13 Å². The highest BCUT2D eigenvalue weighted by molar-refractivity contribution is 9.10. The average Bonchev–Trinajstić information content (AvgIpc) is 3.17. The Hall–Kier alpha value is -3.40. The summed E-state index contributed by atoms with van der Waals surface area (Å²) in [6.45, 7) is 0.998. The maximum Gasteiger partial charge on any atom is 0.374 e. The molecule has 2 aromatic heterocycles. The third-order valence-corrected chi connectivity index (χ3v) is 4.78. The lowest BCUT2D eigenvalue weighted by Crippen LogP contribution is -2.44. The van der Waals surface area contributed by atoms with Gasteiger partial charge in [0.05, 0.1) is 6.54 Å². The number of nitrogen functional groups attached to an aromatic ring is 1. The van der Waals surface area contributed by atoms with Crippen LogP contribution in [0.2, 0.25) is 0 Å². The zero-order valence-electron chi connectivity index (χ0n) is 16.0. The van der Waals surface area contributed by atoms with Gasteiger partial charge in [-0.15, -0.1) is 0 Å². The van der Waals surface area contributed by atoms with Crippen LogP contribution in [0.15, 0.2) is 61.1 Å². The summed E-state index contributed by atoms with van der Waals surface area (Å²) < 4.78 is 12.4. The van der Waals surface area contributed by atoms with Crippen molar-refractivity contribution in [3.05, 3.63) is 84.9 Å². The molecule has 0 fully saturated rings. The lowest BCUT2D eigenvalue weighted by Gasteiger charge is -2.15. The molecule has 0 bridgehead atoms. The zero-order chi connectivity index (χ0) is 21.8. The molecule has 0 unspecified atom stereocenters. The standard InChI is InChI=1S/C20H18BrN3O6/c1-2-23-18(26)16(13(25)11-29-19(27)14-8-9-15(21)30-14)17(22)24(20(23)28)10-12-6-4-3-5-7-12/h3-9H,2,10-11,22H2,1H3. The van der Waals surface area contributed by atoms with Crippen LogP contribution in [-0.4, -0.2) is 27.5 Å². The number of hydrogen-bond donors (Lipinski definition) is 1. The molecule has 0 radical (unpaired) electrons. The van der Waals surface area contributed by atoms with E-state index < -0.39 is 35.2 Å². The molecular formula is C20H18BrN3O6. The summed E-state index contributed by atoms with van der Waals surface area (Å²) in [6.07, 6.45) is 0. The molecule has 0 atom stereocenters. The van der Waals surface area contributed by atoms with Crippen LogP contribution in [0.3, 0.4) is 0 Å². The van der Waals surface area contributed by atoms with Crippen molar-refractivity contribution in [2.75, 3.05) is 12.3 Å². The maximum absolute atomic E-state index is 12.7. The Bertz CT molecular complexity index is 1210. The zero-order valence-corrected chi connectivity index (χ0v) is 17.5. The normalized spacial score (nSPS) is 10.7. The Kier molecular flexibility index (Phi) is 6.36. The molecule has 0 aliphatic carbocycles. The minimum Gasteiger partial charge on any atom is -0.451 e. The number of ketones is 1. The number of rotatable bonds is 7. The predicted molar refractivity (Wildman–Crippen MR) is 112 cm³/mol. The van der Waals surface area contributed by atoms with Crippen molar-refractivity contribution in [2.24, 2.45) is 0 Å². The first kappa shape index (κ1) is 21.3. The van der Waals surface area contributed by atoms with Crippen molar-refractivity contribution in [2.45, 2.75) is 20.0 Å². The number of nitrogens with zero attached hydrogens (tertiary/aromatic N) is 2. The first-order chi connectivity index (χ1) is 14.3. The van der Waals surface area contributed by atoms with Gasteiger partial charge in [-0.25, -0.2) is 9.59 Å². The van der Waals surface area contributed by atoms with Gasteiger partial charge in [0, 0.05) is 6.54 Å². The van der Waals surface area contributed by atoms with Crippen molar-refractivity contribution in [1.29, 1.82) is 0 Å². The maximum atomic E-state index is 12.7. The van der Waals surface area contributed by atoms with Crippen LogP contribution in [0.1, 0.15) is 33.4 Å². The van der Waals surface area contributed by atoms with E-state index in [4.69, 9.17) is 14.9 Å². The lowest BCUT2D eigenvalue weighted by atomic mass is 10.2. The Balaban J connectivity index is 1.94. The van der Waals surface area contributed by atoms with E-state index in [1.165, 1.54) is 12.1 Å². The highest BCUT2D eigenvalue weighted by Crippen LogP contribution is 2.15. The number of hydrogen-bond acceptors (Lipinski definition) is 7. The molecule has 10 heteroatoms. The monoisotopic (exact) mass is 475 g/mol. The van der Waals surface area contributed by atoms with E-state index in [1.54, 1.807) is 31.2 Å². The third kappa shape index (κ3) is 4.28. The van der Waals surface area contributed by atoms with E-state index in [2.05, 4.69) is 15.9 Å². The highest BCUT2D eigenvalue weighted by Gasteiger charge is 2.24. The lowest BCUT2D eigenvalue weighted by molar-refractivity contribution is 0.0442. The van der Waals surface area contributed by atoms with Gasteiger partial charge in [0.15, 0.2) is 11.3 Å². The van der Waals surface area contributed by atoms with Crippen molar-refractivity contribution >= 4 is 33.5 Å². The Labute approximate surface area is 178 Å². The molecule has 0 saturated heterocycles. The van der Waals surface area contributed by atoms with Crippen molar-refractivity contribution in [3.8, 4) is 0 Å². The molecule has 156 valence electrons. The van der Waals surface area contributed by atoms with Gasteiger partial charge in [-0.3, -0.25) is 18.7 Å². The number of furan rings is 1. The molecule has 9 nitrogen and oxygen atoms in total. The summed E-state index contributed by atoms with van der Waals surface area (Å²) in [5.41, 5.74) is 4.95. The van der Waals surface area contributed by atoms with Gasteiger partial charge < -0.3 is 14.9 Å². The van der Waals surface area contributed by atoms with Crippen molar-refractivity contribution in [3.63, 3.8) is 0 Å². The fraction of sp³-hybridized carbons (Fsp3) is 0.200. The largest absolute Gasteiger partial charge is 0.451 e. The first-order valence-electron chi connectivity index (χ1n) is 8.96. The van der Waals surface area contributed by atoms with Gasteiger partial charge in [-0.1, -0.05) is 30.3 Å². The minimum absolute atomic E-state index is 0.0488. The Morgan fingerprint density at radius 1 is 1.10 bits per heavy atom. The smallest absolute Gasteiger partial charge is 0.374 e. The Morgan fingerprint density at radius 2 is 1.80 bits per heavy atom. The number of anilines is 1. The van der Waals surface area contributed by atoms with Gasteiger partial charge in [0.1, 0.15) is 11.4 Å². The number of nitrogens with two attached hydrogens (primary N) is 1. The van der Waals surface area contributed by atoms with E-state index in [-0.39, 0.29) is 24.7 Å². The number of benzene rings is 1. The highest BCUT2D eigenvalue weighted by atomic mass is 79.9. The molecule has 0 spiro atoms. The second-order valence-corrected chi connectivity index (χ2v) is 7.05. The second kappa shape index (κ2) is 8.95. The van der Waals surface area contributed by atoms with E-state index in [9.17, 15) is 19.2 Å². The van der Waals surface area contributed by atoms with Crippen LogP contribution in [0.5, 0.6) is 0 Å². The van der Waals surface area contributed by atoms with Crippen LogP contribution in [0, 0.1) is 0 Å². The van der Waals surface area contributed by atoms with Crippen LogP contribution < -0.4 is 17.0 Å². The van der Waals surface area contributed by atoms with E-state index in [0.29, 0.717) is 4.67 Å².